The Morgan fingerprint density at radius 3 is 2.67 bits per heavy atom. The van der Waals surface area contributed by atoms with Gasteiger partial charge in [0.25, 0.3) is 0 Å². The van der Waals surface area contributed by atoms with Crippen LogP contribution in [0.1, 0.15) is 5.56 Å². The minimum absolute atomic E-state index is 0.687. The van der Waals surface area contributed by atoms with Gasteiger partial charge in [0.2, 0.25) is 0 Å². The van der Waals surface area contributed by atoms with E-state index in [0.717, 1.165) is 16.8 Å². The molecule has 1 aromatic heterocycles. The first-order valence-electron chi connectivity index (χ1n) is 4.75. The van der Waals surface area contributed by atoms with Crippen LogP contribution in [-0.2, 0) is 0 Å². The monoisotopic (exact) mass is 196 g/mol. The maximum Gasteiger partial charge on any atom is 0.0937 e. The lowest BCUT2D eigenvalue weighted by Gasteiger charge is -2.07. The van der Waals surface area contributed by atoms with Crippen LogP contribution in [0.2, 0.25) is 0 Å². The van der Waals surface area contributed by atoms with Crippen molar-refractivity contribution in [1.29, 1.82) is 0 Å². The minimum Gasteiger partial charge on any atom is -0.397 e. The number of benzene rings is 1. The maximum atomic E-state index is 5.88. The van der Waals surface area contributed by atoms with Gasteiger partial charge >= 0.3 is 0 Å². The summed E-state index contributed by atoms with van der Waals surface area (Å²) in [5.41, 5.74) is 9.44. The van der Waals surface area contributed by atoms with Crippen LogP contribution in [0.25, 0.3) is 17.3 Å². The first kappa shape index (κ1) is 9.46. The number of nitrogens with zero attached hydrogens (tertiary/aromatic N) is 1. The second-order valence-electron chi connectivity index (χ2n) is 3.23. The minimum atomic E-state index is 0.687. The van der Waals surface area contributed by atoms with Gasteiger partial charge in [-0.05, 0) is 17.7 Å². The summed E-state index contributed by atoms with van der Waals surface area (Å²) in [6.07, 6.45) is 3.55. The topological polar surface area (TPSA) is 38.9 Å². The van der Waals surface area contributed by atoms with Gasteiger partial charge in [-0.1, -0.05) is 36.9 Å². The van der Waals surface area contributed by atoms with Crippen LogP contribution in [0, 0.1) is 0 Å². The van der Waals surface area contributed by atoms with E-state index < -0.39 is 0 Å². The summed E-state index contributed by atoms with van der Waals surface area (Å²) >= 11 is 0. The highest BCUT2D eigenvalue weighted by atomic mass is 14.7. The number of hydrogen-bond donors (Lipinski definition) is 1. The summed E-state index contributed by atoms with van der Waals surface area (Å²) in [6, 6.07) is 11.6. The molecule has 2 heteroatoms. The first-order valence-corrected chi connectivity index (χ1v) is 4.75. The Labute approximate surface area is 89.1 Å². The third kappa shape index (κ3) is 1.74. The number of aromatic nitrogens is 1. The Bertz CT molecular complexity index is 489. The van der Waals surface area contributed by atoms with Crippen LogP contribution < -0.4 is 5.73 Å². The van der Waals surface area contributed by atoms with E-state index in [-0.39, 0.29) is 0 Å². The molecule has 0 bridgehead atoms. The molecule has 0 unspecified atom stereocenters. The third-order valence-corrected chi connectivity index (χ3v) is 2.27. The molecule has 74 valence electrons. The van der Waals surface area contributed by atoms with Crippen LogP contribution in [0.15, 0.2) is 49.2 Å². The molecular formula is C13H12N2. The van der Waals surface area contributed by atoms with Crippen molar-refractivity contribution in [2.24, 2.45) is 0 Å². The molecule has 2 N–H and O–H groups in total. The summed E-state index contributed by atoms with van der Waals surface area (Å²) < 4.78 is 0. The Kier molecular flexibility index (Phi) is 2.50. The number of hydrogen-bond acceptors (Lipinski definition) is 2. The fourth-order valence-corrected chi connectivity index (χ4v) is 1.53. The third-order valence-electron chi connectivity index (χ3n) is 2.27. The first-order chi connectivity index (χ1) is 7.33. The van der Waals surface area contributed by atoms with Crippen molar-refractivity contribution in [2.75, 3.05) is 5.73 Å². The molecular weight excluding hydrogens is 184 g/mol. The second kappa shape index (κ2) is 3.96. The van der Waals surface area contributed by atoms with Crippen molar-refractivity contribution in [3.8, 4) is 11.3 Å². The van der Waals surface area contributed by atoms with Crippen LogP contribution >= 0.6 is 0 Å². The summed E-state index contributed by atoms with van der Waals surface area (Å²) in [6.45, 7) is 3.78. The smallest absolute Gasteiger partial charge is 0.0937 e. The van der Waals surface area contributed by atoms with Crippen molar-refractivity contribution in [3.05, 3.63) is 54.7 Å². The fraction of sp³-hybridized carbons (Fsp3) is 0. The van der Waals surface area contributed by atoms with Crippen LogP contribution in [0.5, 0.6) is 0 Å². The van der Waals surface area contributed by atoms with Gasteiger partial charge < -0.3 is 5.73 Å². The highest BCUT2D eigenvalue weighted by Gasteiger charge is 2.05. The number of anilines is 1. The van der Waals surface area contributed by atoms with E-state index in [2.05, 4.69) is 11.6 Å². The Balaban J connectivity index is 2.64. The Hall–Kier alpha value is -2.09. The van der Waals surface area contributed by atoms with E-state index in [0.29, 0.717) is 5.69 Å². The molecule has 0 radical (unpaired) electrons. The molecule has 0 atom stereocenters. The molecule has 0 saturated heterocycles. The van der Waals surface area contributed by atoms with Gasteiger partial charge in [0.15, 0.2) is 0 Å². The molecule has 2 aromatic rings. The molecule has 15 heavy (non-hydrogen) atoms. The number of nitrogens with two attached hydrogens (primary N) is 1. The second-order valence-corrected chi connectivity index (χ2v) is 3.23. The van der Waals surface area contributed by atoms with Crippen molar-refractivity contribution in [3.63, 3.8) is 0 Å². The summed E-state index contributed by atoms with van der Waals surface area (Å²) in [5.74, 6) is 0. The van der Waals surface area contributed by atoms with Crippen LogP contribution in [0.4, 0.5) is 5.69 Å². The van der Waals surface area contributed by atoms with Crippen molar-refractivity contribution in [2.45, 2.75) is 0 Å². The van der Waals surface area contributed by atoms with Crippen LogP contribution in [-0.4, -0.2) is 4.98 Å². The van der Waals surface area contributed by atoms with Gasteiger partial charge in [0, 0.05) is 11.8 Å². The standard InChI is InChI=1S/C13H12N2/c1-2-10-6-3-4-7-11(10)13-12(14)8-5-9-15-13/h2-9H,1,14H2. The molecule has 2 nitrogen and oxygen atoms in total. The van der Waals surface area contributed by atoms with Gasteiger partial charge in [0.1, 0.15) is 0 Å². The highest BCUT2D eigenvalue weighted by molar-refractivity contribution is 5.79. The quantitative estimate of drug-likeness (QED) is 0.802. The van der Waals surface area contributed by atoms with Gasteiger partial charge in [-0.2, -0.15) is 0 Å². The molecule has 0 amide bonds. The van der Waals surface area contributed by atoms with E-state index in [4.69, 9.17) is 5.73 Å². The van der Waals surface area contributed by atoms with Crippen molar-refractivity contribution >= 4 is 11.8 Å². The van der Waals surface area contributed by atoms with E-state index >= 15 is 0 Å². The fourth-order valence-electron chi connectivity index (χ4n) is 1.53. The normalized spacial score (nSPS) is 9.87. The number of pyridine rings is 1. The lowest BCUT2D eigenvalue weighted by molar-refractivity contribution is 1.33. The lowest BCUT2D eigenvalue weighted by atomic mass is 10.0. The molecule has 0 aliphatic rings. The maximum absolute atomic E-state index is 5.88. The molecule has 2 rings (SSSR count). The van der Waals surface area contributed by atoms with E-state index in [1.54, 1.807) is 6.20 Å². The molecule has 0 aliphatic carbocycles. The van der Waals surface area contributed by atoms with Gasteiger partial charge in [0.05, 0.1) is 11.4 Å². The average molecular weight is 196 g/mol. The van der Waals surface area contributed by atoms with Crippen molar-refractivity contribution < 1.29 is 0 Å². The zero-order valence-corrected chi connectivity index (χ0v) is 8.35. The summed E-state index contributed by atoms with van der Waals surface area (Å²) in [4.78, 5) is 4.28. The van der Waals surface area contributed by atoms with Gasteiger partial charge in [-0.25, -0.2) is 0 Å². The van der Waals surface area contributed by atoms with E-state index in [9.17, 15) is 0 Å². The van der Waals surface area contributed by atoms with Crippen molar-refractivity contribution in [1.82, 2.24) is 4.98 Å². The highest BCUT2D eigenvalue weighted by Crippen LogP contribution is 2.26. The zero-order chi connectivity index (χ0) is 10.7. The Morgan fingerprint density at radius 1 is 1.13 bits per heavy atom. The molecule has 0 saturated carbocycles. The van der Waals surface area contributed by atoms with Crippen LogP contribution in [0.3, 0.4) is 0 Å². The average Bonchev–Trinajstić information content (AvgIpc) is 2.30. The largest absolute Gasteiger partial charge is 0.397 e. The predicted octanol–water partition coefficient (Wildman–Crippen LogP) is 2.97. The van der Waals surface area contributed by atoms with E-state index in [1.165, 1.54) is 0 Å². The molecule has 0 aliphatic heterocycles. The molecule has 0 fully saturated rings. The van der Waals surface area contributed by atoms with Gasteiger partial charge in [-0.3, -0.25) is 4.98 Å². The molecule has 0 spiro atoms. The van der Waals surface area contributed by atoms with E-state index in [1.807, 2.05) is 42.5 Å². The van der Waals surface area contributed by atoms with Gasteiger partial charge in [-0.15, -0.1) is 0 Å². The lowest BCUT2D eigenvalue weighted by Crippen LogP contribution is -1.93. The number of rotatable bonds is 2. The number of nitrogen functional groups attached to an aromatic ring is 1. The summed E-state index contributed by atoms with van der Waals surface area (Å²) in [5, 5.41) is 0. The zero-order valence-electron chi connectivity index (χ0n) is 8.35. The molecule has 1 aromatic carbocycles. The Morgan fingerprint density at radius 2 is 1.93 bits per heavy atom. The predicted molar refractivity (Wildman–Crippen MR) is 64.2 cm³/mol. The summed E-state index contributed by atoms with van der Waals surface area (Å²) in [7, 11) is 0. The molecule has 1 heterocycles. The SMILES string of the molecule is C=Cc1ccccc1-c1ncccc1N.